The topological polar surface area (TPSA) is 123 Å². The van der Waals surface area contributed by atoms with Gasteiger partial charge in [-0.2, -0.15) is 5.10 Å². The Kier molecular flexibility index (Phi) is 9.13. The molecule has 0 atom stereocenters. The molecule has 40 heavy (non-hydrogen) atoms. The van der Waals surface area contributed by atoms with Gasteiger partial charge in [0.05, 0.1) is 23.9 Å². The molecule has 0 spiro atoms. The molecule has 4 aromatic carbocycles. The number of rotatable bonds is 9. The highest BCUT2D eigenvalue weighted by molar-refractivity contribution is 5.98. The molecule has 0 aliphatic carbocycles. The van der Waals surface area contributed by atoms with E-state index in [9.17, 15) is 19.2 Å². The van der Waals surface area contributed by atoms with Gasteiger partial charge >= 0.3 is 11.9 Å². The minimum atomic E-state index is -0.635. The molecule has 2 N–H and O–H groups in total. The van der Waals surface area contributed by atoms with Gasteiger partial charge in [-0.05, 0) is 55.0 Å². The van der Waals surface area contributed by atoms with E-state index in [-0.39, 0.29) is 24.0 Å². The van der Waals surface area contributed by atoms with Gasteiger partial charge in [0.15, 0.2) is 0 Å². The van der Waals surface area contributed by atoms with Crippen molar-refractivity contribution in [2.24, 2.45) is 5.10 Å². The van der Waals surface area contributed by atoms with Crippen LogP contribution in [0.4, 0.5) is 0 Å². The smallest absolute Gasteiger partial charge is 0.343 e. The Morgan fingerprint density at radius 2 is 1.35 bits per heavy atom. The minimum absolute atomic E-state index is 0.0538. The molecule has 9 nitrogen and oxygen atoms in total. The fourth-order valence-corrected chi connectivity index (χ4v) is 3.54. The van der Waals surface area contributed by atoms with Gasteiger partial charge in [-0.3, -0.25) is 9.59 Å². The molecule has 2 amide bonds. The predicted octanol–water partition coefficient (Wildman–Crippen LogP) is 4.31. The van der Waals surface area contributed by atoms with Crippen molar-refractivity contribution in [2.75, 3.05) is 6.54 Å². The van der Waals surface area contributed by atoms with E-state index < -0.39 is 17.8 Å². The number of esters is 2. The Balaban J connectivity index is 1.45. The summed E-state index contributed by atoms with van der Waals surface area (Å²) >= 11 is 0. The van der Waals surface area contributed by atoms with Crippen LogP contribution < -0.4 is 20.2 Å². The summed E-state index contributed by atoms with van der Waals surface area (Å²) in [6.07, 6.45) is 1.28. The van der Waals surface area contributed by atoms with Crippen molar-refractivity contribution in [1.29, 1.82) is 0 Å². The maximum absolute atomic E-state index is 12.7. The van der Waals surface area contributed by atoms with Gasteiger partial charge < -0.3 is 14.8 Å². The molecule has 4 rings (SSSR count). The third-order valence-electron chi connectivity index (χ3n) is 5.61. The molecule has 0 radical (unpaired) electrons. The van der Waals surface area contributed by atoms with Gasteiger partial charge in [0.25, 0.3) is 11.8 Å². The largest absolute Gasteiger partial charge is 0.423 e. The molecule has 0 aromatic heterocycles. The molecule has 4 aromatic rings. The van der Waals surface area contributed by atoms with Crippen LogP contribution in [0.15, 0.2) is 108 Å². The first-order valence-corrected chi connectivity index (χ1v) is 12.2. The monoisotopic (exact) mass is 535 g/mol. The number of hydrogen-bond acceptors (Lipinski definition) is 7. The lowest BCUT2D eigenvalue weighted by Gasteiger charge is -2.11. The number of benzene rings is 4. The second-order valence-corrected chi connectivity index (χ2v) is 8.50. The first kappa shape index (κ1) is 27.5. The summed E-state index contributed by atoms with van der Waals surface area (Å²) < 4.78 is 11.0. The summed E-state index contributed by atoms with van der Waals surface area (Å²) in [6.45, 7) is 1.50. The highest BCUT2D eigenvalue weighted by atomic mass is 16.5. The zero-order chi connectivity index (χ0) is 28.3. The lowest BCUT2D eigenvalue weighted by atomic mass is 10.1. The second kappa shape index (κ2) is 13.3. The molecule has 0 fully saturated rings. The summed E-state index contributed by atoms with van der Waals surface area (Å²) in [7, 11) is 0. The Morgan fingerprint density at radius 1 is 0.750 bits per heavy atom. The number of amides is 2. The van der Waals surface area contributed by atoms with Crippen molar-refractivity contribution in [1.82, 2.24) is 10.7 Å². The lowest BCUT2D eigenvalue weighted by molar-refractivity contribution is -0.120. The number of carbonyl (C=O) groups excluding carboxylic acids is 4. The van der Waals surface area contributed by atoms with Gasteiger partial charge in [0, 0.05) is 17.2 Å². The maximum Gasteiger partial charge on any atom is 0.343 e. The highest BCUT2D eigenvalue weighted by Crippen LogP contribution is 2.26. The number of hydrazone groups is 1. The molecule has 0 aliphatic heterocycles. The van der Waals surface area contributed by atoms with Crippen LogP contribution in [0.25, 0.3) is 0 Å². The van der Waals surface area contributed by atoms with Crippen LogP contribution in [-0.2, 0) is 4.79 Å². The maximum atomic E-state index is 12.7. The van der Waals surface area contributed by atoms with Crippen molar-refractivity contribution in [3.63, 3.8) is 0 Å². The summed E-state index contributed by atoms with van der Waals surface area (Å²) in [5.74, 6) is -1.96. The zero-order valence-electron chi connectivity index (χ0n) is 21.5. The average Bonchev–Trinajstić information content (AvgIpc) is 2.98. The van der Waals surface area contributed by atoms with Crippen LogP contribution >= 0.6 is 0 Å². The van der Waals surface area contributed by atoms with Crippen LogP contribution in [-0.4, -0.2) is 36.5 Å². The first-order valence-electron chi connectivity index (χ1n) is 12.2. The number of hydrogen-bond donors (Lipinski definition) is 2. The van der Waals surface area contributed by atoms with Crippen LogP contribution in [0.1, 0.15) is 42.2 Å². The van der Waals surface area contributed by atoms with Crippen LogP contribution in [0.2, 0.25) is 0 Å². The van der Waals surface area contributed by atoms with E-state index in [0.29, 0.717) is 22.3 Å². The quantitative estimate of drug-likeness (QED) is 0.142. The molecular weight excluding hydrogens is 510 g/mol. The van der Waals surface area contributed by atoms with Crippen molar-refractivity contribution in [3.05, 3.63) is 131 Å². The molecule has 0 aliphatic rings. The van der Waals surface area contributed by atoms with E-state index >= 15 is 0 Å². The zero-order valence-corrected chi connectivity index (χ0v) is 21.5. The number of ether oxygens (including phenoxy) is 2. The molecule has 200 valence electrons. The van der Waals surface area contributed by atoms with Gasteiger partial charge in [0.2, 0.25) is 0 Å². The van der Waals surface area contributed by atoms with E-state index in [1.807, 2.05) is 6.07 Å². The number of nitrogens with one attached hydrogen (secondary N) is 2. The Bertz CT molecular complexity index is 1550. The highest BCUT2D eigenvalue weighted by Gasteiger charge is 2.15. The van der Waals surface area contributed by atoms with E-state index in [4.69, 9.17) is 9.47 Å². The van der Waals surface area contributed by atoms with E-state index in [0.717, 1.165) is 5.56 Å². The van der Waals surface area contributed by atoms with Crippen molar-refractivity contribution in [3.8, 4) is 11.5 Å². The molecule has 0 heterocycles. The Labute approximate surface area is 230 Å². The van der Waals surface area contributed by atoms with Gasteiger partial charge in [-0.1, -0.05) is 54.6 Å². The molecule has 0 saturated carbocycles. The fraction of sp³-hybridized carbons (Fsp3) is 0.0645. The first-order chi connectivity index (χ1) is 19.4. The number of carbonyl (C=O) groups is 4. The minimum Gasteiger partial charge on any atom is -0.423 e. The van der Waals surface area contributed by atoms with Crippen molar-refractivity contribution in [2.45, 2.75) is 6.92 Å². The van der Waals surface area contributed by atoms with E-state index in [1.165, 1.54) is 24.4 Å². The second-order valence-electron chi connectivity index (χ2n) is 8.50. The van der Waals surface area contributed by atoms with Gasteiger partial charge in [-0.25, -0.2) is 15.0 Å². The van der Waals surface area contributed by atoms with Crippen molar-refractivity contribution < 1.29 is 28.7 Å². The predicted molar refractivity (Wildman–Crippen MR) is 148 cm³/mol. The summed E-state index contributed by atoms with van der Waals surface area (Å²) in [6, 6.07) is 28.2. The molecule has 9 heteroatoms. The van der Waals surface area contributed by atoms with Gasteiger partial charge in [-0.15, -0.1) is 0 Å². The molecular formula is C31H25N3O6. The summed E-state index contributed by atoms with van der Waals surface area (Å²) in [5.41, 5.74) is 4.57. The third-order valence-corrected chi connectivity index (χ3v) is 5.61. The number of nitrogens with zero attached hydrogens (tertiary/aromatic N) is 1. The van der Waals surface area contributed by atoms with Crippen molar-refractivity contribution >= 4 is 30.0 Å². The molecule has 0 bridgehead atoms. The summed E-state index contributed by atoms with van der Waals surface area (Å²) in [5, 5.41) is 6.45. The van der Waals surface area contributed by atoms with E-state index in [1.54, 1.807) is 85.8 Å². The standard InChI is InChI=1S/C31H25N3O6/c1-21-10-8-9-15-26(21)29(36)32-20-28(35)34-33-19-24-16-17-25(39-30(37)22-11-4-2-5-12-22)18-27(24)40-31(38)23-13-6-3-7-14-23/h2-19H,20H2,1H3,(H,32,36)(H,34,35). The van der Waals surface area contributed by atoms with Gasteiger partial charge in [0.1, 0.15) is 11.5 Å². The van der Waals surface area contributed by atoms with Crippen LogP contribution in [0.5, 0.6) is 11.5 Å². The van der Waals surface area contributed by atoms with E-state index in [2.05, 4.69) is 15.8 Å². The van der Waals surface area contributed by atoms with Crippen LogP contribution in [0.3, 0.4) is 0 Å². The Morgan fingerprint density at radius 3 is 2.00 bits per heavy atom. The summed E-state index contributed by atoms with van der Waals surface area (Å²) in [4.78, 5) is 49.7. The SMILES string of the molecule is Cc1ccccc1C(=O)NCC(=O)NN=Cc1ccc(OC(=O)c2ccccc2)cc1OC(=O)c1ccccc1. The Hall–Kier alpha value is -5.57. The number of aryl methyl sites for hydroxylation is 1. The average molecular weight is 536 g/mol. The normalized spacial score (nSPS) is 10.5. The third kappa shape index (κ3) is 7.48. The van der Waals surface area contributed by atoms with Crippen LogP contribution in [0, 0.1) is 6.92 Å². The lowest BCUT2D eigenvalue weighted by Crippen LogP contribution is -2.35. The molecule has 0 saturated heterocycles. The molecule has 0 unspecified atom stereocenters. The fourth-order valence-electron chi connectivity index (χ4n) is 3.54.